The molecular formula is C17H19N3O3. The quantitative estimate of drug-likeness (QED) is 0.583. The summed E-state index contributed by atoms with van der Waals surface area (Å²) in [6.45, 7) is 2.66. The van der Waals surface area contributed by atoms with Gasteiger partial charge in [0.1, 0.15) is 12.4 Å². The Kier molecular flexibility index (Phi) is 5.99. The molecule has 0 spiro atoms. The fourth-order valence-electron chi connectivity index (χ4n) is 1.79. The third kappa shape index (κ3) is 5.70. The number of amides is 3. The van der Waals surface area contributed by atoms with Gasteiger partial charge in [0.25, 0.3) is 5.91 Å². The highest BCUT2D eigenvalue weighted by molar-refractivity contribution is 5.95. The van der Waals surface area contributed by atoms with Crippen molar-refractivity contribution in [1.29, 1.82) is 0 Å². The number of carbonyl (C=O) groups is 2. The molecule has 6 nitrogen and oxygen atoms in total. The molecule has 0 aromatic heterocycles. The fraction of sp³-hybridized carbons (Fsp3) is 0.176. The molecule has 0 fully saturated rings. The van der Waals surface area contributed by atoms with Crippen LogP contribution in [0.4, 0.5) is 4.79 Å². The Labute approximate surface area is 134 Å². The molecule has 0 unspecified atom stereocenters. The van der Waals surface area contributed by atoms with Crippen LogP contribution >= 0.6 is 0 Å². The van der Waals surface area contributed by atoms with E-state index in [0.29, 0.717) is 18.7 Å². The molecule has 120 valence electrons. The SMILES string of the molecule is Cc1ccc(OCCNC(=O)NNC(=O)c2ccccc2)cc1. The molecule has 0 heterocycles. The number of aryl methyl sites for hydroxylation is 1. The average Bonchev–Trinajstić information content (AvgIpc) is 2.59. The van der Waals surface area contributed by atoms with Gasteiger partial charge in [0.05, 0.1) is 6.54 Å². The smallest absolute Gasteiger partial charge is 0.333 e. The molecular weight excluding hydrogens is 294 g/mol. The predicted octanol–water partition coefficient (Wildman–Crippen LogP) is 2.02. The van der Waals surface area contributed by atoms with Crippen LogP contribution in [0.15, 0.2) is 54.6 Å². The summed E-state index contributed by atoms with van der Waals surface area (Å²) in [5.74, 6) is 0.367. The third-order valence-corrected chi connectivity index (χ3v) is 3.00. The van der Waals surface area contributed by atoms with Crippen molar-refractivity contribution in [2.24, 2.45) is 0 Å². The van der Waals surface area contributed by atoms with E-state index in [2.05, 4.69) is 16.2 Å². The van der Waals surface area contributed by atoms with E-state index in [4.69, 9.17) is 4.74 Å². The lowest BCUT2D eigenvalue weighted by Crippen LogP contribution is -2.47. The number of hydrazine groups is 1. The summed E-state index contributed by atoms with van der Waals surface area (Å²) in [5.41, 5.74) is 6.23. The van der Waals surface area contributed by atoms with Gasteiger partial charge in [-0.15, -0.1) is 0 Å². The van der Waals surface area contributed by atoms with Crippen LogP contribution in [-0.4, -0.2) is 25.1 Å². The number of carbonyl (C=O) groups excluding carboxylic acids is 2. The van der Waals surface area contributed by atoms with Gasteiger partial charge in [0, 0.05) is 5.56 Å². The van der Waals surface area contributed by atoms with E-state index < -0.39 is 6.03 Å². The number of nitrogens with one attached hydrogen (secondary N) is 3. The molecule has 0 radical (unpaired) electrons. The molecule has 2 aromatic rings. The predicted molar refractivity (Wildman–Crippen MR) is 87.1 cm³/mol. The van der Waals surface area contributed by atoms with Crippen LogP contribution < -0.4 is 20.9 Å². The standard InChI is InChI=1S/C17H19N3O3/c1-13-7-9-15(10-8-13)23-12-11-18-17(22)20-19-16(21)14-5-3-2-4-6-14/h2-10H,11-12H2,1H3,(H,19,21)(H2,18,20,22). The maximum atomic E-state index is 11.7. The Bertz CT molecular complexity index is 642. The van der Waals surface area contributed by atoms with Gasteiger partial charge < -0.3 is 10.1 Å². The molecule has 23 heavy (non-hydrogen) atoms. The van der Waals surface area contributed by atoms with Crippen LogP contribution in [0, 0.1) is 6.92 Å². The van der Waals surface area contributed by atoms with Crippen molar-refractivity contribution in [2.45, 2.75) is 6.92 Å². The first kappa shape index (κ1) is 16.4. The van der Waals surface area contributed by atoms with Crippen molar-refractivity contribution in [3.8, 4) is 5.75 Å². The monoisotopic (exact) mass is 313 g/mol. The normalized spacial score (nSPS) is 9.78. The third-order valence-electron chi connectivity index (χ3n) is 3.00. The van der Waals surface area contributed by atoms with Crippen molar-refractivity contribution in [2.75, 3.05) is 13.2 Å². The zero-order valence-electron chi connectivity index (χ0n) is 12.8. The minimum absolute atomic E-state index is 0.320. The van der Waals surface area contributed by atoms with E-state index in [1.807, 2.05) is 37.3 Å². The fourth-order valence-corrected chi connectivity index (χ4v) is 1.79. The van der Waals surface area contributed by atoms with Gasteiger partial charge in [0.2, 0.25) is 0 Å². The first-order valence-electron chi connectivity index (χ1n) is 7.24. The second-order valence-corrected chi connectivity index (χ2v) is 4.86. The van der Waals surface area contributed by atoms with Crippen molar-refractivity contribution in [3.63, 3.8) is 0 Å². The number of hydrogen-bond acceptors (Lipinski definition) is 3. The molecule has 6 heteroatoms. The topological polar surface area (TPSA) is 79.5 Å². The zero-order valence-corrected chi connectivity index (χ0v) is 12.8. The highest BCUT2D eigenvalue weighted by atomic mass is 16.5. The Hall–Kier alpha value is -3.02. The summed E-state index contributed by atoms with van der Waals surface area (Å²) in [6.07, 6.45) is 0. The van der Waals surface area contributed by atoms with E-state index in [-0.39, 0.29) is 5.91 Å². The van der Waals surface area contributed by atoms with Crippen LogP contribution in [-0.2, 0) is 0 Å². The van der Waals surface area contributed by atoms with Gasteiger partial charge in [-0.05, 0) is 31.2 Å². The number of ether oxygens (including phenoxy) is 1. The highest BCUT2D eigenvalue weighted by Gasteiger charge is 2.05. The summed E-state index contributed by atoms with van der Waals surface area (Å²) in [7, 11) is 0. The van der Waals surface area contributed by atoms with Crippen molar-refractivity contribution in [1.82, 2.24) is 16.2 Å². The lowest BCUT2D eigenvalue weighted by atomic mass is 10.2. The Morgan fingerprint density at radius 3 is 2.35 bits per heavy atom. The molecule has 3 N–H and O–H groups in total. The van der Waals surface area contributed by atoms with Crippen LogP contribution in [0.1, 0.15) is 15.9 Å². The summed E-state index contributed by atoms with van der Waals surface area (Å²) < 4.78 is 5.48. The van der Waals surface area contributed by atoms with Crippen LogP contribution in [0.2, 0.25) is 0 Å². The van der Waals surface area contributed by atoms with E-state index in [0.717, 1.165) is 11.3 Å². The van der Waals surface area contributed by atoms with E-state index >= 15 is 0 Å². The molecule has 2 rings (SSSR count). The van der Waals surface area contributed by atoms with Crippen molar-refractivity contribution >= 4 is 11.9 Å². The van der Waals surface area contributed by atoms with Crippen molar-refractivity contribution in [3.05, 3.63) is 65.7 Å². The van der Waals surface area contributed by atoms with Gasteiger partial charge in [0.15, 0.2) is 0 Å². The lowest BCUT2D eigenvalue weighted by molar-refractivity contribution is 0.0936. The van der Waals surface area contributed by atoms with Gasteiger partial charge >= 0.3 is 6.03 Å². The second-order valence-electron chi connectivity index (χ2n) is 4.86. The maximum absolute atomic E-state index is 11.7. The molecule has 3 amide bonds. The van der Waals surface area contributed by atoms with Gasteiger partial charge in [-0.3, -0.25) is 10.2 Å². The average molecular weight is 313 g/mol. The van der Waals surface area contributed by atoms with Gasteiger partial charge in [-0.2, -0.15) is 0 Å². The number of hydrogen-bond donors (Lipinski definition) is 3. The summed E-state index contributed by atoms with van der Waals surface area (Å²) in [5, 5.41) is 2.58. The van der Waals surface area contributed by atoms with Crippen LogP contribution in [0.25, 0.3) is 0 Å². The molecule has 0 aliphatic rings. The van der Waals surface area contributed by atoms with Gasteiger partial charge in [-0.25, -0.2) is 10.2 Å². The zero-order chi connectivity index (χ0) is 16.5. The molecule has 2 aromatic carbocycles. The molecule has 0 saturated carbocycles. The molecule has 0 atom stereocenters. The van der Waals surface area contributed by atoms with Crippen LogP contribution in [0.3, 0.4) is 0 Å². The maximum Gasteiger partial charge on any atom is 0.333 e. The minimum Gasteiger partial charge on any atom is -0.492 e. The first-order chi connectivity index (χ1) is 11.1. The lowest BCUT2D eigenvalue weighted by Gasteiger charge is -2.10. The number of urea groups is 1. The largest absolute Gasteiger partial charge is 0.492 e. The van der Waals surface area contributed by atoms with E-state index in [1.54, 1.807) is 24.3 Å². The van der Waals surface area contributed by atoms with E-state index in [1.165, 1.54) is 0 Å². The first-order valence-corrected chi connectivity index (χ1v) is 7.24. The Morgan fingerprint density at radius 2 is 1.65 bits per heavy atom. The molecule has 0 saturated heterocycles. The number of benzene rings is 2. The Morgan fingerprint density at radius 1 is 0.957 bits per heavy atom. The van der Waals surface area contributed by atoms with Crippen LogP contribution in [0.5, 0.6) is 5.75 Å². The molecule has 0 aliphatic carbocycles. The van der Waals surface area contributed by atoms with Gasteiger partial charge in [-0.1, -0.05) is 35.9 Å². The van der Waals surface area contributed by atoms with E-state index in [9.17, 15) is 9.59 Å². The summed E-state index contributed by atoms with van der Waals surface area (Å²) in [4.78, 5) is 23.3. The number of rotatable bonds is 5. The summed E-state index contributed by atoms with van der Waals surface area (Å²) >= 11 is 0. The molecule has 0 aliphatic heterocycles. The Balaban J connectivity index is 1.62. The summed E-state index contributed by atoms with van der Waals surface area (Å²) in [6, 6.07) is 15.8. The molecule has 0 bridgehead atoms. The second kappa shape index (κ2) is 8.43. The highest BCUT2D eigenvalue weighted by Crippen LogP contribution is 2.10. The minimum atomic E-state index is -0.498. The van der Waals surface area contributed by atoms with Crippen molar-refractivity contribution < 1.29 is 14.3 Å².